The van der Waals surface area contributed by atoms with Crippen LogP contribution in [0.3, 0.4) is 0 Å². The SMILES string of the molecule is COc1c(Br)cc(C(C)(C)c2cc(Br)c(C(C)Oc3c(Br)cc(C(C)(C)c4cc(Br)c(OCC(C)OC)c(Br)c4)cc3Br)c(Br)c2)cc1Br. The molecule has 2 atom stereocenters. The Balaban J connectivity index is 1.61. The fourth-order valence-electron chi connectivity index (χ4n) is 5.38. The van der Waals surface area contributed by atoms with E-state index in [1.54, 1.807) is 14.2 Å². The van der Waals surface area contributed by atoms with Crippen LogP contribution in [0.25, 0.3) is 0 Å². The maximum absolute atomic E-state index is 6.65. The molecule has 2 unspecified atom stereocenters. The van der Waals surface area contributed by atoms with Gasteiger partial charge >= 0.3 is 0 Å². The molecule has 4 aromatic rings. The van der Waals surface area contributed by atoms with E-state index in [0.29, 0.717) is 6.61 Å². The van der Waals surface area contributed by atoms with E-state index in [-0.39, 0.29) is 23.0 Å². The van der Waals surface area contributed by atoms with Crippen LogP contribution in [-0.2, 0) is 15.6 Å². The monoisotopic (exact) mass is 1180 g/mol. The van der Waals surface area contributed by atoms with E-state index in [2.05, 4.69) is 211 Å². The van der Waals surface area contributed by atoms with Crippen LogP contribution >= 0.6 is 127 Å². The molecular formula is C37H36Br8O4. The van der Waals surface area contributed by atoms with Crippen LogP contribution in [0.15, 0.2) is 84.3 Å². The largest absolute Gasteiger partial charge is 0.494 e. The number of benzene rings is 4. The second kappa shape index (κ2) is 17.0. The van der Waals surface area contributed by atoms with Gasteiger partial charge in [-0.05, 0) is 180 Å². The van der Waals surface area contributed by atoms with Gasteiger partial charge in [-0.1, -0.05) is 59.6 Å². The molecule has 12 heteroatoms. The summed E-state index contributed by atoms with van der Waals surface area (Å²) in [6.07, 6.45) is -0.297. The molecule has 49 heavy (non-hydrogen) atoms. The summed E-state index contributed by atoms with van der Waals surface area (Å²) in [7, 11) is 3.34. The quantitative estimate of drug-likeness (QED) is 0.142. The molecule has 0 aromatic heterocycles. The Morgan fingerprint density at radius 1 is 0.510 bits per heavy atom. The number of rotatable bonds is 12. The highest BCUT2D eigenvalue weighted by Gasteiger charge is 2.30. The van der Waals surface area contributed by atoms with Gasteiger partial charge in [0.15, 0.2) is 0 Å². The van der Waals surface area contributed by atoms with E-state index in [4.69, 9.17) is 18.9 Å². The molecule has 0 heterocycles. The van der Waals surface area contributed by atoms with Crippen molar-refractivity contribution in [3.8, 4) is 17.2 Å². The molecular weight excluding hydrogens is 1150 g/mol. The summed E-state index contributed by atoms with van der Waals surface area (Å²) in [6.45, 7) is 13.3. The Morgan fingerprint density at radius 2 is 0.837 bits per heavy atom. The summed E-state index contributed by atoms with van der Waals surface area (Å²) in [5.74, 6) is 2.24. The van der Waals surface area contributed by atoms with Crippen molar-refractivity contribution in [2.45, 2.75) is 64.6 Å². The third kappa shape index (κ3) is 9.25. The molecule has 0 bridgehead atoms. The molecule has 4 aromatic carbocycles. The van der Waals surface area contributed by atoms with E-state index >= 15 is 0 Å². The second-order valence-corrected chi connectivity index (χ2v) is 19.6. The third-order valence-corrected chi connectivity index (χ3v) is 13.6. The molecule has 0 saturated heterocycles. The minimum absolute atomic E-state index is 0.0161. The van der Waals surface area contributed by atoms with Crippen molar-refractivity contribution in [2.75, 3.05) is 20.8 Å². The lowest BCUT2D eigenvalue weighted by atomic mass is 9.78. The van der Waals surface area contributed by atoms with Crippen LogP contribution in [0.5, 0.6) is 17.2 Å². The van der Waals surface area contributed by atoms with Crippen molar-refractivity contribution in [2.24, 2.45) is 0 Å². The highest BCUT2D eigenvalue weighted by Crippen LogP contribution is 2.47. The average Bonchev–Trinajstić information content (AvgIpc) is 3.01. The highest BCUT2D eigenvalue weighted by atomic mass is 79.9. The zero-order valence-corrected chi connectivity index (χ0v) is 40.8. The van der Waals surface area contributed by atoms with Crippen LogP contribution in [0.1, 0.15) is 75.5 Å². The van der Waals surface area contributed by atoms with Crippen LogP contribution in [0, 0.1) is 0 Å². The van der Waals surface area contributed by atoms with Gasteiger partial charge in [-0.15, -0.1) is 0 Å². The third-order valence-electron chi connectivity index (χ3n) is 8.73. The van der Waals surface area contributed by atoms with Gasteiger partial charge in [0.25, 0.3) is 0 Å². The van der Waals surface area contributed by atoms with Gasteiger partial charge in [0, 0.05) is 32.4 Å². The van der Waals surface area contributed by atoms with Crippen molar-refractivity contribution in [1.29, 1.82) is 0 Å². The van der Waals surface area contributed by atoms with Gasteiger partial charge in [0.1, 0.15) is 30.0 Å². The van der Waals surface area contributed by atoms with Gasteiger partial charge in [-0.2, -0.15) is 0 Å². The van der Waals surface area contributed by atoms with Crippen molar-refractivity contribution in [3.63, 3.8) is 0 Å². The number of ether oxygens (including phenoxy) is 4. The molecule has 0 aliphatic rings. The molecule has 4 rings (SSSR count). The Bertz CT molecular complexity index is 1760. The van der Waals surface area contributed by atoms with Crippen LogP contribution < -0.4 is 14.2 Å². The second-order valence-electron chi connectivity index (χ2n) is 12.7. The molecule has 0 spiro atoms. The van der Waals surface area contributed by atoms with Gasteiger partial charge in [-0.3, -0.25) is 0 Å². The lowest BCUT2D eigenvalue weighted by molar-refractivity contribution is 0.0711. The molecule has 0 saturated carbocycles. The molecule has 0 amide bonds. The maximum atomic E-state index is 6.65. The van der Waals surface area contributed by atoms with Gasteiger partial charge in [0.05, 0.1) is 40.1 Å². The molecule has 0 fully saturated rings. The minimum atomic E-state index is -0.345. The standard InChI is InChI=1S/C37H36Br8O4/c1-18(46-7)17-48-34-28(42)13-22(14-29(34)43)37(5,6)23-15-30(44)35(31(45)16-23)49-19(2)32-24(38)9-20(10-25(32)39)36(3,4)21-11-26(40)33(47-8)27(41)12-21/h9-16,18-19H,17H2,1-8H3. The molecule has 0 N–H and O–H groups in total. The molecule has 264 valence electrons. The Labute approximate surface area is 357 Å². The molecule has 0 aliphatic carbocycles. The van der Waals surface area contributed by atoms with Gasteiger partial charge in [0.2, 0.25) is 0 Å². The first-order valence-corrected chi connectivity index (χ1v) is 21.5. The molecule has 4 nitrogen and oxygen atoms in total. The number of hydrogen-bond acceptors (Lipinski definition) is 4. The van der Waals surface area contributed by atoms with Crippen LogP contribution in [-0.4, -0.2) is 26.9 Å². The summed E-state index contributed by atoms with van der Waals surface area (Å²) in [5.41, 5.74) is 4.86. The fraction of sp³-hybridized carbons (Fsp3) is 0.351. The summed E-state index contributed by atoms with van der Waals surface area (Å²) in [6, 6.07) is 17.0. The lowest BCUT2D eigenvalue weighted by Crippen LogP contribution is -2.20. The fourth-order valence-corrected chi connectivity index (χ4v) is 11.5. The maximum Gasteiger partial charge on any atom is 0.148 e. The number of hydrogen-bond donors (Lipinski definition) is 0. The van der Waals surface area contributed by atoms with Crippen molar-refractivity contribution in [3.05, 3.63) is 112 Å². The average molecular weight is 1180 g/mol. The van der Waals surface area contributed by atoms with Crippen LogP contribution in [0.4, 0.5) is 0 Å². The Hall–Kier alpha value is 0.0800. The number of methoxy groups -OCH3 is 2. The van der Waals surface area contributed by atoms with Crippen molar-refractivity contribution in [1.82, 2.24) is 0 Å². The molecule has 0 radical (unpaired) electrons. The Morgan fingerprint density at radius 3 is 1.18 bits per heavy atom. The van der Waals surface area contributed by atoms with E-state index in [1.165, 1.54) is 0 Å². The van der Waals surface area contributed by atoms with Crippen molar-refractivity contribution < 1.29 is 18.9 Å². The zero-order valence-electron chi connectivity index (χ0n) is 28.1. The highest BCUT2D eigenvalue weighted by molar-refractivity contribution is 9.12. The minimum Gasteiger partial charge on any atom is -0.494 e. The summed E-state index contributed by atoms with van der Waals surface area (Å²) in [4.78, 5) is 0. The summed E-state index contributed by atoms with van der Waals surface area (Å²) in [5, 5.41) is 0. The van der Waals surface area contributed by atoms with E-state index < -0.39 is 0 Å². The first kappa shape index (κ1) is 41.8. The van der Waals surface area contributed by atoms with E-state index in [1.807, 2.05) is 6.92 Å². The topological polar surface area (TPSA) is 36.9 Å². The number of halogens is 8. The van der Waals surface area contributed by atoms with E-state index in [9.17, 15) is 0 Å². The zero-order chi connectivity index (χ0) is 36.6. The molecule has 0 aliphatic heterocycles. The first-order valence-electron chi connectivity index (χ1n) is 15.2. The summed E-state index contributed by atoms with van der Waals surface area (Å²) < 4.78 is 30.7. The normalized spacial score (nSPS) is 13.3. The van der Waals surface area contributed by atoms with Gasteiger partial charge in [-0.25, -0.2) is 0 Å². The van der Waals surface area contributed by atoms with Crippen LogP contribution in [0.2, 0.25) is 0 Å². The van der Waals surface area contributed by atoms with Crippen molar-refractivity contribution >= 4 is 127 Å². The summed E-state index contributed by atoms with van der Waals surface area (Å²) >= 11 is 30.2. The first-order chi connectivity index (χ1) is 22.8. The van der Waals surface area contributed by atoms with Gasteiger partial charge < -0.3 is 18.9 Å². The predicted octanol–water partition coefficient (Wildman–Crippen LogP) is 15.0. The Kier molecular flexibility index (Phi) is 14.5. The smallest absolute Gasteiger partial charge is 0.148 e. The lowest BCUT2D eigenvalue weighted by Gasteiger charge is -2.30. The van der Waals surface area contributed by atoms with E-state index in [0.717, 1.165) is 80.8 Å². The predicted molar refractivity (Wildman–Crippen MR) is 229 cm³/mol.